The van der Waals surface area contributed by atoms with Crippen molar-refractivity contribution >= 4 is 23.2 Å². The van der Waals surface area contributed by atoms with Crippen molar-refractivity contribution in [2.45, 2.75) is 38.0 Å². The molecule has 4 heterocycles. The molecule has 2 aliphatic rings. The molecule has 150 valence electrons. The van der Waals surface area contributed by atoms with Crippen LogP contribution in [-0.2, 0) is 13.0 Å². The predicted molar refractivity (Wildman–Crippen MR) is 109 cm³/mol. The number of imidazole rings is 1. The first-order chi connectivity index (χ1) is 13.9. The average molecular weight is 412 g/mol. The molecule has 1 amide bonds. The number of rotatable bonds is 1. The van der Waals surface area contributed by atoms with Crippen molar-refractivity contribution in [2.75, 3.05) is 13.1 Å². The first kappa shape index (κ1) is 18.5. The Kier molecular flexibility index (Phi) is 4.34. The number of nitrogens with zero attached hydrogens (tertiary/aromatic N) is 4. The van der Waals surface area contributed by atoms with Crippen LogP contribution >= 0.6 is 11.6 Å². The van der Waals surface area contributed by atoms with Gasteiger partial charge in [-0.05, 0) is 30.9 Å². The fourth-order valence-corrected chi connectivity index (χ4v) is 4.77. The summed E-state index contributed by atoms with van der Waals surface area (Å²) in [4.78, 5) is 23.3. The maximum atomic E-state index is 13.0. The molecule has 2 aromatic heterocycles. The summed E-state index contributed by atoms with van der Waals surface area (Å²) in [6.07, 6.45) is 4.25. The average Bonchev–Trinajstić information content (AvgIpc) is 3.14. The lowest BCUT2D eigenvalue weighted by Gasteiger charge is -2.48. The van der Waals surface area contributed by atoms with Gasteiger partial charge in [0.1, 0.15) is 5.69 Å². The number of nitrogens with one attached hydrogen (secondary N) is 1. The van der Waals surface area contributed by atoms with Gasteiger partial charge in [0.25, 0.3) is 5.91 Å². The number of β-amino-alcohol motifs (C(OH)–C–C–N with tert-alkyl or cyclic N) is 1. The summed E-state index contributed by atoms with van der Waals surface area (Å²) in [5, 5.41) is 14.8. The van der Waals surface area contributed by atoms with Crippen LogP contribution in [0, 0.1) is 6.92 Å². The van der Waals surface area contributed by atoms with Gasteiger partial charge in [-0.2, -0.15) is 0 Å². The molecule has 1 aromatic carbocycles. The van der Waals surface area contributed by atoms with E-state index < -0.39 is 11.6 Å². The second-order valence-corrected chi connectivity index (χ2v) is 8.36. The van der Waals surface area contributed by atoms with Gasteiger partial charge in [-0.1, -0.05) is 35.9 Å². The maximum absolute atomic E-state index is 13.0. The minimum absolute atomic E-state index is 0.201. The molecule has 2 aliphatic heterocycles. The predicted octanol–water partition coefficient (Wildman–Crippen LogP) is 1.98. The van der Waals surface area contributed by atoms with E-state index in [4.69, 9.17) is 11.6 Å². The summed E-state index contributed by atoms with van der Waals surface area (Å²) in [6, 6.07) is 8.31. The SMILES string of the molecule is Cc1cn2cc(C(=O)N3CC[C@]4(Cc5ccccc5CN4)[C@H](O)C3)nc2c(Cl)n1. The second kappa shape index (κ2) is 6.79. The summed E-state index contributed by atoms with van der Waals surface area (Å²) in [6.45, 7) is 3.40. The van der Waals surface area contributed by atoms with Crippen LogP contribution in [0.15, 0.2) is 36.7 Å². The molecule has 0 aliphatic carbocycles. The number of hydrogen-bond acceptors (Lipinski definition) is 5. The minimum Gasteiger partial charge on any atom is -0.389 e. The van der Waals surface area contributed by atoms with Crippen molar-refractivity contribution < 1.29 is 9.90 Å². The molecule has 1 fully saturated rings. The number of likely N-dealkylation sites (tertiary alicyclic amines) is 1. The second-order valence-electron chi connectivity index (χ2n) is 8.00. The van der Waals surface area contributed by atoms with Crippen molar-refractivity contribution in [1.82, 2.24) is 24.6 Å². The standard InChI is InChI=1S/C21H22ClN5O2/c1-13-10-27-11-16(25-19(27)18(22)24-13)20(29)26-7-6-21(17(28)12-26)8-14-4-2-3-5-15(14)9-23-21/h2-5,10-11,17,23,28H,6-9,12H2,1H3/t17-,21+/m1/s1. The molecule has 29 heavy (non-hydrogen) atoms. The number of aryl methyl sites for hydroxylation is 1. The van der Waals surface area contributed by atoms with Crippen molar-refractivity contribution in [3.63, 3.8) is 0 Å². The molecule has 0 bridgehead atoms. The topological polar surface area (TPSA) is 82.8 Å². The third-order valence-corrected chi connectivity index (χ3v) is 6.39. The number of aliphatic hydroxyl groups excluding tert-OH is 1. The summed E-state index contributed by atoms with van der Waals surface area (Å²) in [7, 11) is 0. The number of carbonyl (C=O) groups excluding carboxylic acids is 1. The zero-order valence-electron chi connectivity index (χ0n) is 16.1. The first-order valence-corrected chi connectivity index (χ1v) is 10.1. The van der Waals surface area contributed by atoms with Crippen molar-refractivity contribution in [3.8, 4) is 0 Å². The Morgan fingerprint density at radius 2 is 2.07 bits per heavy atom. The largest absolute Gasteiger partial charge is 0.389 e. The highest BCUT2D eigenvalue weighted by Crippen LogP contribution is 2.32. The fraction of sp³-hybridized carbons (Fsp3) is 0.381. The molecule has 0 unspecified atom stereocenters. The van der Waals surface area contributed by atoms with Gasteiger partial charge in [-0.3, -0.25) is 4.79 Å². The molecule has 2 N–H and O–H groups in total. The molecule has 1 spiro atoms. The fourth-order valence-electron chi connectivity index (χ4n) is 4.49. The van der Waals surface area contributed by atoms with Gasteiger partial charge in [0.15, 0.2) is 10.8 Å². The molecule has 8 heteroatoms. The van der Waals surface area contributed by atoms with E-state index in [1.54, 1.807) is 21.7 Å². The summed E-state index contributed by atoms with van der Waals surface area (Å²) in [5.74, 6) is -0.201. The van der Waals surface area contributed by atoms with Gasteiger partial charge in [-0.25, -0.2) is 9.97 Å². The Balaban J connectivity index is 1.36. The third-order valence-electron chi connectivity index (χ3n) is 6.14. The Hall–Kier alpha value is -2.48. The quantitative estimate of drug-likeness (QED) is 0.639. The Labute approximate surface area is 173 Å². The molecule has 2 atom stereocenters. The first-order valence-electron chi connectivity index (χ1n) is 9.76. The highest BCUT2D eigenvalue weighted by Gasteiger charge is 2.45. The highest BCUT2D eigenvalue weighted by atomic mass is 35.5. The number of fused-ring (bicyclic) bond motifs is 2. The lowest BCUT2D eigenvalue weighted by atomic mass is 9.76. The summed E-state index contributed by atoms with van der Waals surface area (Å²) in [5.41, 5.74) is 3.66. The normalized spacial score (nSPS) is 24.1. The number of aliphatic hydroxyl groups is 1. The number of carbonyl (C=O) groups is 1. The molecule has 0 radical (unpaired) electrons. The number of benzene rings is 1. The zero-order chi connectivity index (χ0) is 20.2. The summed E-state index contributed by atoms with van der Waals surface area (Å²) >= 11 is 6.16. The zero-order valence-corrected chi connectivity index (χ0v) is 16.9. The number of hydrogen-bond donors (Lipinski definition) is 2. The van der Waals surface area contributed by atoms with Crippen LogP contribution in [0.3, 0.4) is 0 Å². The number of halogens is 1. The van der Waals surface area contributed by atoms with Crippen LogP contribution in [0.2, 0.25) is 5.15 Å². The Bertz CT molecular complexity index is 1110. The van der Waals surface area contributed by atoms with E-state index in [0.29, 0.717) is 24.3 Å². The van der Waals surface area contributed by atoms with E-state index in [9.17, 15) is 9.90 Å². The van der Waals surface area contributed by atoms with E-state index in [2.05, 4.69) is 27.4 Å². The lowest BCUT2D eigenvalue weighted by Crippen LogP contribution is -2.65. The van der Waals surface area contributed by atoms with Crippen molar-refractivity contribution in [3.05, 3.63) is 64.3 Å². The molecule has 3 aromatic rings. The smallest absolute Gasteiger partial charge is 0.274 e. The van der Waals surface area contributed by atoms with Crippen LogP contribution in [-0.4, -0.2) is 55.0 Å². The van der Waals surface area contributed by atoms with E-state index in [-0.39, 0.29) is 17.6 Å². The number of piperidine rings is 1. The van der Waals surface area contributed by atoms with E-state index in [0.717, 1.165) is 18.7 Å². The van der Waals surface area contributed by atoms with Crippen molar-refractivity contribution in [1.29, 1.82) is 0 Å². The highest BCUT2D eigenvalue weighted by molar-refractivity contribution is 6.32. The minimum atomic E-state index is -0.655. The number of aromatic nitrogens is 3. The van der Waals surface area contributed by atoms with Gasteiger partial charge >= 0.3 is 0 Å². The molecule has 7 nitrogen and oxygen atoms in total. The van der Waals surface area contributed by atoms with Crippen LogP contribution in [0.5, 0.6) is 0 Å². The van der Waals surface area contributed by atoms with E-state index in [1.165, 1.54) is 11.1 Å². The van der Waals surface area contributed by atoms with Gasteiger partial charge in [0.05, 0.1) is 17.3 Å². The summed E-state index contributed by atoms with van der Waals surface area (Å²) < 4.78 is 1.72. The van der Waals surface area contributed by atoms with Crippen LogP contribution in [0.4, 0.5) is 0 Å². The Morgan fingerprint density at radius 1 is 1.28 bits per heavy atom. The van der Waals surface area contributed by atoms with Gasteiger partial charge < -0.3 is 19.7 Å². The van der Waals surface area contributed by atoms with Crippen LogP contribution in [0.25, 0.3) is 5.65 Å². The molecule has 1 saturated heterocycles. The molecule has 5 rings (SSSR count). The van der Waals surface area contributed by atoms with E-state index in [1.807, 2.05) is 19.1 Å². The number of amides is 1. The van der Waals surface area contributed by atoms with Gasteiger partial charge in [0, 0.05) is 32.0 Å². The van der Waals surface area contributed by atoms with Gasteiger partial charge in [-0.15, -0.1) is 0 Å². The monoisotopic (exact) mass is 411 g/mol. The van der Waals surface area contributed by atoms with Gasteiger partial charge in [0.2, 0.25) is 0 Å². The lowest BCUT2D eigenvalue weighted by molar-refractivity contribution is -0.0140. The van der Waals surface area contributed by atoms with E-state index >= 15 is 0 Å². The van der Waals surface area contributed by atoms with Crippen molar-refractivity contribution in [2.24, 2.45) is 0 Å². The Morgan fingerprint density at radius 3 is 2.86 bits per heavy atom. The molecular weight excluding hydrogens is 390 g/mol. The maximum Gasteiger partial charge on any atom is 0.274 e. The van der Waals surface area contributed by atoms with Crippen LogP contribution in [0.1, 0.15) is 33.7 Å². The van der Waals surface area contributed by atoms with Crippen LogP contribution < -0.4 is 5.32 Å². The molecular formula is C21H22ClN5O2. The third kappa shape index (κ3) is 3.10. The molecule has 0 saturated carbocycles.